The van der Waals surface area contributed by atoms with E-state index in [9.17, 15) is 4.79 Å². The van der Waals surface area contributed by atoms with Crippen LogP contribution in [-0.2, 0) is 6.42 Å². The van der Waals surface area contributed by atoms with E-state index in [4.69, 9.17) is 14.5 Å². The molecule has 7 nitrogen and oxygen atoms in total. The standard InChI is InChI=1S/C24H30N4O3S/c1-17(23-26-19-6-4-5-7-22(19)32-23)27-12-14-28(15-13-27)24(29)25-11-10-18-8-9-20(30-2)21(16-18)31-3/h4-9,16-17H,10-15H2,1-3H3,(H,25,29)/t17-/m1/s1. The number of aromatic nitrogens is 1. The van der Waals surface area contributed by atoms with E-state index in [1.807, 2.05) is 29.2 Å². The van der Waals surface area contributed by atoms with Crippen LogP contribution in [0.2, 0.25) is 0 Å². The van der Waals surface area contributed by atoms with Crippen molar-refractivity contribution in [3.05, 3.63) is 53.0 Å². The molecule has 2 aromatic carbocycles. The largest absolute Gasteiger partial charge is 0.493 e. The van der Waals surface area contributed by atoms with E-state index in [1.165, 1.54) is 4.70 Å². The first-order valence-electron chi connectivity index (χ1n) is 10.9. The van der Waals surface area contributed by atoms with Crippen molar-refractivity contribution < 1.29 is 14.3 Å². The lowest BCUT2D eigenvalue weighted by Gasteiger charge is -2.37. The Morgan fingerprint density at radius 2 is 1.84 bits per heavy atom. The molecule has 8 heteroatoms. The number of para-hydroxylation sites is 1. The van der Waals surface area contributed by atoms with Gasteiger partial charge in [-0.3, -0.25) is 4.90 Å². The normalized spacial score (nSPS) is 15.5. The molecule has 1 aliphatic rings. The number of nitrogens with zero attached hydrogens (tertiary/aromatic N) is 3. The number of thiazole rings is 1. The van der Waals surface area contributed by atoms with Crippen LogP contribution in [0.4, 0.5) is 4.79 Å². The lowest BCUT2D eigenvalue weighted by Crippen LogP contribution is -2.52. The smallest absolute Gasteiger partial charge is 0.317 e. The van der Waals surface area contributed by atoms with Gasteiger partial charge in [-0.1, -0.05) is 18.2 Å². The van der Waals surface area contributed by atoms with Crippen molar-refractivity contribution in [2.75, 3.05) is 46.9 Å². The minimum Gasteiger partial charge on any atom is -0.493 e. The molecule has 2 amide bonds. The molecule has 2 heterocycles. The number of rotatable bonds is 7. The molecule has 0 saturated carbocycles. The third kappa shape index (κ3) is 4.97. The van der Waals surface area contributed by atoms with Gasteiger partial charge in [-0.2, -0.15) is 0 Å². The Morgan fingerprint density at radius 1 is 1.09 bits per heavy atom. The summed E-state index contributed by atoms with van der Waals surface area (Å²) >= 11 is 1.76. The summed E-state index contributed by atoms with van der Waals surface area (Å²) in [4.78, 5) is 21.7. The van der Waals surface area contributed by atoms with E-state index < -0.39 is 0 Å². The number of nitrogens with one attached hydrogen (secondary N) is 1. The maximum Gasteiger partial charge on any atom is 0.317 e. The van der Waals surface area contributed by atoms with Gasteiger partial charge in [-0.15, -0.1) is 11.3 Å². The number of amides is 2. The van der Waals surface area contributed by atoms with E-state index in [1.54, 1.807) is 25.6 Å². The van der Waals surface area contributed by atoms with Gasteiger partial charge >= 0.3 is 6.03 Å². The highest BCUT2D eigenvalue weighted by Crippen LogP contribution is 2.30. The Bertz CT molecular complexity index is 1030. The number of piperazine rings is 1. The third-order valence-corrected chi connectivity index (χ3v) is 7.16. The fourth-order valence-corrected chi connectivity index (χ4v) is 5.05. The molecule has 1 fully saturated rings. The molecule has 32 heavy (non-hydrogen) atoms. The monoisotopic (exact) mass is 454 g/mol. The first-order chi connectivity index (χ1) is 15.6. The molecule has 170 valence electrons. The molecule has 4 rings (SSSR count). The predicted octanol–water partition coefficient (Wildman–Crippen LogP) is 3.94. The minimum atomic E-state index is -0.00207. The molecule has 3 aromatic rings. The van der Waals surface area contributed by atoms with Crippen molar-refractivity contribution in [1.29, 1.82) is 0 Å². The van der Waals surface area contributed by atoms with Crippen molar-refractivity contribution in [3.63, 3.8) is 0 Å². The molecule has 0 unspecified atom stereocenters. The van der Waals surface area contributed by atoms with Gasteiger partial charge in [0, 0.05) is 32.7 Å². The third-order valence-electron chi connectivity index (χ3n) is 5.95. The van der Waals surface area contributed by atoms with Gasteiger partial charge in [-0.05, 0) is 43.2 Å². The topological polar surface area (TPSA) is 66.9 Å². The zero-order valence-electron chi connectivity index (χ0n) is 18.8. The number of urea groups is 1. The van der Waals surface area contributed by atoms with E-state index >= 15 is 0 Å². The highest BCUT2D eigenvalue weighted by molar-refractivity contribution is 7.18. The Hall–Kier alpha value is -2.84. The lowest BCUT2D eigenvalue weighted by atomic mass is 10.1. The molecule has 0 spiro atoms. The Kier molecular flexibility index (Phi) is 7.12. The number of methoxy groups -OCH3 is 2. The van der Waals surface area contributed by atoms with E-state index in [2.05, 4.69) is 35.3 Å². The van der Waals surface area contributed by atoms with E-state index in [0.717, 1.165) is 48.7 Å². The quantitative estimate of drug-likeness (QED) is 0.586. The van der Waals surface area contributed by atoms with Crippen LogP contribution >= 0.6 is 11.3 Å². The van der Waals surface area contributed by atoms with Crippen molar-refractivity contribution in [3.8, 4) is 11.5 Å². The fourth-order valence-electron chi connectivity index (χ4n) is 4.00. The number of benzene rings is 2. The van der Waals surface area contributed by atoms with Gasteiger partial charge in [0.05, 0.1) is 30.5 Å². The summed E-state index contributed by atoms with van der Waals surface area (Å²) in [5.41, 5.74) is 2.16. The van der Waals surface area contributed by atoms with Crippen molar-refractivity contribution in [1.82, 2.24) is 20.1 Å². The molecule has 0 aliphatic carbocycles. The second-order valence-electron chi connectivity index (χ2n) is 7.89. The predicted molar refractivity (Wildman–Crippen MR) is 128 cm³/mol. The van der Waals surface area contributed by atoms with Crippen LogP contribution in [-0.4, -0.2) is 67.8 Å². The Labute approximate surface area is 192 Å². The first-order valence-corrected chi connectivity index (χ1v) is 11.7. The summed E-state index contributed by atoms with van der Waals surface area (Å²) in [6, 6.07) is 14.3. The summed E-state index contributed by atoms with van der Waals surface area (Å²) in [6.07, 6.45) is 0.737. The maximum atomic E-state index is 12.6. The van der Waals surface area contributed by atoms with Crippen molar-refractivity contribution >= 4 is 27.6 Å². The fraction of sp³-hybridized carbons (Fsp3) is 0.417. The number of carbonyl (C=O) groups is 1. The Morgan fingerprint density at radius 3 is 2.56 bits per heavy atom. The van der Waals surface area contributed by atoms with Gasteiger partial charge in [-0.25, -0.2) is 9.78 Å². The summed E-state index contributed by atoms with van der Waals surface area (Å²) in [5, 5.41) is 4.18. The van der Waals surface area contributed by atoms with Gasteiger partial charge in [0.2, 0.25) is 0 Å². The van der Waals surface area contributed by atoms with Crippen LogP contribution in [0.25, 0.3) is 10.2 Å². The van der Waals surface area contributed by atoms with Crippen LogP contribution in [0.3, 0.4) is 0 Å². The molecule has 1 atom stereocenters. The average Bonchev–Trinajstić information content (AvgIpc) is 3.28. The van der Waals surface area contributed by atoms with Crippen molar-refractivity contribution in [2.24, 2.45) is 0 Å². The molecular weight excluding hydrogens is 424 g/mol. The number of carbonyl (C=O) groups excluding carboxylic acids is 1. The van der Waals surface area contributed by atoms with Gasteiger partial charge < -0.3 is 19.7 Å². The molecule has 1 aromatic heterocycles. The second kappa shape index (κ2) is 10.2. The molecule has 1 saturated heterocycles. The highest BCUT2D eigenvalue weighted by atomic mass is 32.1. The number of hydrogen-bond acceptors (Lipinski definition) is 6. The van der Waals surface area contributed by atoms with Gasteiger partial charge in [0.1, 0.15) is 5.01 Å². The Balaban J connectivity index is 1.24. The van der Waals surface area contributed by atoms with E-state index in [-0.39, 0.29) is 12.1 Å². The van der Waals surface area contributed by atoms with Gasteiger partial charge in [0.15, 0.2) is 11.5 Å². The van der Waals surface area contributed by atoms with Crippen LogP contribution in [0, 0.1) is 0 Å². The van der Waals surface area contributed by atoms with Crippen LogP contribution in [0.1, 0.15) is 23.5 Å². The molecule has 1 N–H and O–H groups in total. The van der Waals surface area contributed by atoms with Crippen LogP contribution in [0.5, 0.6) is 11.5 Å². The number of hydrogen-bond donors (Lipinski definition) is 1. The summed E-state index contributed by atoms with van der Waals surface area (Å²) in [6.45, 7) is 5.92. The lowest BCUT2D eigenvalue weighted by molar-refractivity contribution is 0.114. The van der Waals surface area contributed by atoms with Crippen LogP contribution in [0.15, 0.2) is 42.5 Å². The van der Waals surface area contributed by atoms with E-state index in [0.29, 0.717) is 18.0 Å². The highest BCUT2D eigenvalue weighted by Gasteiger charge is 2.26. The zero-order valence-corrected chi connectivity index (χ0v) is 19.7. The molecule has 0 radical (unpaired) electrons. The summed E-state index contributed by atoms with van der Waals surface area (Å²) in [5.74, 6) is 1.41. The number of ether oxygens (including phenoxy) is 2. The zero-order chi connectivity index (χ0) is 22.5. The second-order valence-corrected chi connectivity index (χ2v) is 8.95. The first kappa shape index (κ1) is 22.4. The van der Waals surface area contributed by atoms with Gasteiger partial charge in [0.25, 0.3) is 0 Å². The minimum absolute atomic E-state index is 0.00207. The average molecular weight is 455 g/mol. The van der Waals surface area contributed by atoms with Crippen LogP contribution < -0.4 is 14.8 Å². The maximum absolute atomic E-state index is 12.6. The summed E-state index contributed by atoms with van der Waals surface area (Å²) in [7, 11) is 3.25. The molecule has 0 bridgehead atoms. The van der Waals surface area contributed by atoms with Crippen molar-refractivity contribution in [2.45, 2.75) is 19.4 Å². The molecule has 1 aliphatic heterocycles. The number of fused-ring (bicyclic) bond motifs is 1. The SMILES string of the molecule is COc1ccc(CCNC(=O)N2CCN([C@H](C)c3nc4ccccc4s3)CC2)cc1OC. The summed E-state index contributed by atoms with van der Waals surface area (Å²) < 4.78 is 11.8. The molecular formula is C24H30N4O3S.